The molecule has 0 spiro atoms. The lowest BCUT2D eigenvalue weighted by molar-refractivity contribution is 0.310. The zero-order chi connectivity index (χ0) is 14.0. The fourth-order valence-corrected chi connectivity index (χ4v) is 3.99. The third kappa shape index (κ3) is 2.90. The van der Waals surface area contributed by atoms with Gasteiger partial charge in [0.25, 0.3) is 0 Å². The molecule has 1 aromatic carbocycles. The number of hydrogen-bond donors (Lipinski definition) is 1. The Morgan fingerprint density at radius 3 is 2.89 bits per heavy atom. The molecule has 102 valence electrons. The van der Waals surface area contributed by atoms with Crippen LogP contribution in [0.1, 0.15) is 12.5 Å². The van der Waals surface area contributed by atoms with Crippen molar-refractivity contribution in [3.8, 4) is 6.07 Å². The number of nitrogens with one attached hydrogen (secondary N) is 1. The highest BCUT2D eigenvalue weighted by atomic mass is 35.5. The molecule has 0 radical (unpaired) electrons. The molecular formula is C12H14ClN3O2S. The van der Waals surface area contributed by atoms with E-state index in [1.165, 1.54) is 22.5 Å². The van der Waals surface area contributed by atoms with E-state index in [9.17, 15) is 8.42 Å². The Morgan fingerprint density at radius 2 is 2.26 bits per heavy atom. The molecule has 7 heteroatoms. The molecule has 0 bridgehead atoms. The molecule has 1 saturated heterocycles. The van der Waals surface area contributed by atoms with E-state index in [4.69, 9.17) is 16.9 Å². The molecule has 2 rings (SSSR count). The van der Waals surface area contributed by atoms with Gasteiger partial charge >= 0.3 is 0 Å². The number of sulfonamides is 1. The van der Waals surface area contributed by atoms with E-state index in [1.807, 2.05) is 13.0 Å². The maximum absolute atomic E-state index is 12.6. The van der Waals surface area contributed by atoms with Crippen LogP contribution in [-0.2, 0) is 10.0 Å². The van der Waals surface area contributed by atoms with Crippen LogP contribution in [0.3, 0.4) is 0 Å². The highest BCUT2D eigenvalue weighted by Gasteiger charge is 2.30. The van der Waals surface area contributed by atoms with E-state index in [0.29, 0.717) is 24.7 Å². The molecule has 0 aliphatic carbocycles. The summed E-state index contributed by atoms with van der Waals surface area (Å²) < 4.78 is 26.5. The minimum absolute atomic E-state index is 0.0170. The fourth-order valence-electron chi connectivity index (χ4n) is 2.06. The lowest BCUT2D eigenvalue weighted by Gasteiger charge is -2.31. The van der Waals surface area contributed by atoms with E-state index in [-0.39, 0.29) is 16.5 Å². The van der Waals surface area contributed by atoms with Crippen LogP contribution in [0.2, 0.25) is 5.02 Å². The first-order chi connectivity index (χ1) is 8.95. The Bertz CT molecular complexity index is 624. The van der Waals surface area contributed by atoms with Gasteiger partial charge in [-0.15, -0.1) is 0 Å². The minimum atomic E-state index is -3.67. The SMILES string of the molecule is C[C@@H]1CN(S(=O)(=O)c2cc(Cl)ccc2C#N)CCN1. The molecule has 5 nitrogen and oxygen atoms in total. The van der Waals surface area contributed by atoms with Gasteiger partial charge in [0.05, 0.1) is 5.56 Å². The average Bonchev–Trinajstić information content (AvgIpc) is 2.38. The molecule has 0 saturated carbocycles. The molecule has 1 aliphatic heterocycles. The number of nitrogens with zero attached hydrogens (tertiary/aromatic N) is 2. The van der Waals surface area contributed by atoms with E-state index >= 15 is 0 Å². The second-order valence-corrected chi connectivity index (χ2v) is 6.81. The van der Waals surface area contributed by atoms with Crippen LogP contribution in [0.25, 0.3) is 0 Å². The standard InChI is InChI=1S/C12H14ClN3O2S/c1-9-8-16(5-4-15-9)19(17,18)12-6-11(13)3-2-10(12)7-14/h2-3,6,9,15H,4-5,8H2,1H3/t9-/m1/s1. The summed E-state index contributed by atoms with van der Waals surface area (Å²) in [5, 5.41) is 12.5. The highest BCUT2D eigenvalue weighted by molar-refractivity contribution is 7.89. The predicted molar refractivity (Wildman–Crippen MR) is 72.4 cm³/mol. The van der Waals surface area contributed by atoms with Gasteiger partial charge in [-0.05, 0) is 25.1 Å². The molecular weight excluding hydrogens is 286 g/mol. The van der Waals surface area contributed by atoms with Crippen LogP contribution >= 0.6 is 11.6 Å². The molecule has 1 aromatic rings. The molecule has 1 atom stereocenters. The van der Waals surface area contributed by atoms with Gasteiger partial charge in [0, 0.05) is 30.7 Å². The van der Waals surface area contributed by atoms with Gasteiger partial charge in [-0.3, -0.25) is 0 Å². The second-order valence-electron chi connectivity index (χ2n) is 4.47. The number of nitriles is 1. The quantitative estimate of drug-likeness (QED) is 0.890. The van der Waals surface area contributed by atoms with Gasteiger partial charge in [-0.1, -0.05) is 11.6 Å². The Kier molecular flexibility index (Phi) is 4.11. The first kappa shape index (κ1) is 14.3. The van der Waals surface area contributed by atoms with Crippen LogP contribution in [0.15, 0.2) is 23.1 Å². The lowest BCUT2D eigenvalue weighted by atomic mass is 10.2. The molecule has 0 amide bonds. The Balaban J connectivity index is 2.45. The van der Waals surface area contributed by atoms with Gasteiger partial charge in [-0.2, -0.15) is 9.57 Å². The van der Waals surface area contributed by atoms with Crippen LogP contribution in [0.4, 0.5) is 0 Å². The number of rotatable bonds is 2. The first-order valence-electron chi connectivity index (χ1n) is 5.88. The summed E-state index contributed by atoms with van der Waals surface area (Å²) in [5.74, 6) is 0. The van der Waals surface area contributed by atoms with E-state index in [0.717, 1.165) is 0 Å². The molecule has 1 fully saturated rings. The van der Waals surface area contributed by atoms with E-state index in [2.05, 4.69) is 5.32 Å². The van der Waals surface area contributed by atoms with Crippen molar-refractivity contribution in [3.05, 3.63) is 28.8 Å². The number of benzene rings is 1. The third-order valence-electron chi connectivity index (χ3n) is 3.01. The maximum Gasteiger partial charge on any atom is 0.244 e. The minimum Gasteiger partial charge on any atom is -0.312 e. The van der Waals surface area contributed by atoms with E-state index in [1.54, 1.807) is 0 Å². The van der Waals surface area contributed by atoms with E-state index < -0.39 is 10.0 Å². The lowest BCUT2D eigenvalue weighted by Crippen LogP contribution is -2.51. The smallest absolute Gasteiger partial charge is 0.244 e. The summed E-state index contributed by atoms with van der Waals surface area (Å²) in [6, 6.07) is 6.27. The van der Waals surface area contributed by atoms with Crippen molar-refractivity contribution in [2.75, 3.05) is 19.6 Å². The molecule has 1 aliphatic rings. The zero-order valence-corrected chi connectivity index (χ0v) is 12.0. The first-order valence-corrected chi connectivity index (χ1v) is 7.70. The summed E-state index contributed by atoms with van der Waals surface area (Å²) in [7, 11) is -3.67. The van der Waals surface area contributed by atoms with Crippen molar-refractivity contribution < 1.29 is 8.42 Å². The van der Waals surface area contributed by atoms with Gasteiger partial charge in [-0.25, -0.2) is 8.42 Å². The summed E-state index contributed by atoms with van der Waals surface area (Å²) in [6.45, 7) is 3.30. The number of hydrogen-bond acceptors (Lipinski definition) is 4. The van der Waals surface area contributed by atoms with Crippen LogP contribution in [0.5, 0.6) is 0 Å². The molecule has 1 N–H and O–H groups in total. The summed E-state index contributed by atoms with van der Waals surface area (Å²) in [4.78, 5) is -0.0170. The highest BCUT2D eigenvalue weighted by Crippen LogP contribution is 2.24. The summed E-state index contributed by atoms with van der Waals surface area (Å²) >= 11 is 5.84. The Labute approximate surface area is 117 Å². The van der Waals surface area contributed by atoms with Crippen molar-refractivity contribution in [3.63, 3.8) is 0 Å². The van der Waals surface area contributed by atoms with Gasteiger partial charge in [0.2, 0.25) is 10.0 Å². The van der Waals surface area contributed by atoms with Gasteiger partial charge in [0.15, 0.2) is 0 Å². The molecule has 0 aromatic heterocycles. The van der Waals surface area contributed by atoms with Crippen molar-refractivity contribution >= 4 is 21.6 Å². The molecule has 0 unspecified atom stereocenters. The van der Waals surface area contributed by atoms with Gasteiger partial charge < -0.3 is 5.32 Å². The Hall–Kier alpha value is -1.13. The van der Waals surface area contributed by atoms with Crippen molar-refractivity contribution in [2.24, 2.45) is 0 Å². The molecule has 19 heavy (non-hydrogen) atoms. The van der Waals surface area contributed by atoms with Crippen molar-refractivity contribution in [1.29, 1.82) is 5.26 Å². The van der Waals surface area contributed by atoms with Crippen molar-refractivity contribution in [1.82, 2.24) is 9.62 Å². The summed E-state index contributed by atoms with van der Waals surface area (Å²) in [5.41, 5.74) is 0.121. The predicted octanol–water partition coefficient (Wildman–Crippen LogP) is 1.19. The number of halogens is 1. The second kappa shape index (κ2) is 5.47. The largest absolute Gasteiger partial charge is 0.312 e. The summed E-state index contributed by atoms with van der Waals surface area (Å²) in [6.07, 6.45) is 0. The zero-order valence-electron chi connectivity index (χ0n) is 10.4. The fraction of sp³-hybridized carbons (Fsp3) is 0.417. The molecule has 1 heterocycles. The number of piperazine rings is 1. The average molecular weight is 300 g/mol. The maximum atomic E-state index is 12.6. The van der Waals surface area contributed by atoms with Crippen LogP contribution < -0.4 is 5.32 Å². The van der Waals surface area contributed by atoms with Crippen LogP contribution in [0, 0.1) is 11.3 Å². The monoisotopic (exact) mass is 299 g/mol. The Morgan fingerprint density at radius 1 is 1.53 bits per heavy atom. The third-order valence-corrected chi connectivity index (χ3v) is 5.15. The topological polar surface area (TPSA) is 73.2 Å². The van der Waals surface area contributed by atoms with Gasteiger partial charge in [0.1, 0.15) is 11.0 Å². The normalized spacial score (nSPS) is 21.0. The van der Waals surface area contributed by atoms with Crippen LogP contribution in [-0.4, -0.2) is 38.4 Å². The van der Waals surface area contributed by atoms with Crippen molar-refractivity contribution in [2.45, 2.75) is 17.9 Å².